The van der Waals surface area contributed by atoms with E-state index in [4.69, 9.17) is 9.15 Å². The van der Waals surface area contributed by atoms with Gasteiger partial charge in [0, 0.05) is 12.1 Å². The molecule has 3 atom stereocenters. The standard InChI is InChI=1S/C19H25NO3/c1-13(11-18(21)19-7-4-10-23-19)20-17-6-3-5-14-12-15(22-2)8-9-16(14)17/h4,7-10,12-13,17-18,20-21H,3,5-6,11H2,1-2H3. The molecule has 124 valence electrons. The van der Waals surface area contributed by atoms with Crippen LogP contribution < -0.4 is 10.1 Å². The quantitative estimate of drug-likeness (QED) is 0.852. The van der Waals surface area contributed by atoms with Crippen molar-refractivity contribution >= 4 is 0 Å². The van der Waals surface area contributed by atoms with Crippen LogP contribution in [0.2, 0.25) is 0 Å². The largest absolute Gasteiger partial charge is 0.497 e. The molecule has 1 aromatic carbocycles. The Balaban J connectivity index is 1.64. The Morgan fingerprint density at radius 1 is 1.39 bits per heavy atom. The third-order valence-electron chi connectivity index (χ3n) is 4.60. The summed E-state index contributed by atoms with van der Waals surface area (Å²) in [4.78, 5) is 0. The van der Waals surface area contributed by atoms with Crippen molar-refractivity contribution in [3.63, 3.8) is 0 Å². The van der Waals surface area contributed by atoms with Crippen molar-refractivity contribution in [2.75, 3.05) is 7.11 Å². The molecule has 0 aliphatic heterocycles. The van der Waals surface area contributed by atoms with E-state index >= 15 is 0 Å². The normalized spacial score (nSPS) is 19.9. The Bertz CT molecular complexity index is 624. The minimum Gasteiger partial charge on any atom is -0.497 e. The van der Waals surface area contributed by atoms with Crippen molar-refractivity contribution in [2.24, 2.45) is 0 Å². The van der Waals surface area contributed by atoms with Crippen molar-refractivity contribution in [1.29, 1.82) is 0 Å². The Morgan fingerprint density at radius 3 is 3.00 bits per heavy atom. The molecular weight excluding hydrogens is 290 g/mol. The van der Waals surface area contributed by atoms with E-state index in [1.165, 1.54) is 17.5 Å². The Hall–Kier alpha value is -1.78. The van der Waals surface area contributed by atoms with Crippen LogP contribution in [0.5, 0.6) is 5.75 Å². The van der Waals surface area contributed by atoms with Gasteiger partial charge in [0.1, 0.15) is 17.6 Å². The molecule has 0 fully saturated rings. The van der Waals surface area contributed by atoms with Gasteiger partial charge in [-0.25, -0.2) is 0 Å². The minimum absolute atomic E-state index is 0.202. The summed E-state index contributed by atoms with van der Waals surface area (Å²) in [6, 6.07) is 10.5. The number of aryl methyl sites for hydroxylation is 1. The summed E-state index contributed by atoms with van der Waals surface area (Å²) >= 11 is 0. The van der Waals surface area contributed by atoms with Crippen molar-refractivity contribution in [3.8, 4) is 5.75 Å². The summed E-state index contributed by atoms with van der Waals surface area (Å²) in [5, 5.41) is 13.9. The maximum atomic E-state index is 10.2. The molecule has 0 bridgehead atoms. The molecule has 3 unspecified atom stereocenters. The van der Waals surface area contributed by atoms with Crippen molar-refractivity contribution in [1.82, 2.24) is 5.32 Å². The first-order valence-electron chi connectivity index (χ1n) is 8.31. The third kappa shape index (κ3) is 3.77. The summed E-state index contributed by atoms with van der Waals surface area (Å²) in [6.45, 7) is 2.12. The zero-order chi connectivity index (χ0) is 16.2. The van der Waals surface area contributed by atoms with Gasteiger partial charge in [-0.3, -0.25) is 0 Å². The number of hydrogen-bond acceptors (Lipinski definition) is 4. The second-order valence-electron chi connectivity index (χ2n) is 6.34. The SMILES string of the molecule is COc1ccc2c(c1)CCCC2NC(C)CC(O)c1ccco1. The first-order valence-corrected chi connectivity index (χ1v) is 8.31. The highest BCUT2D eigenvalue weighted by atomic mass is 16.5. The van der Waals surface area contributed by atoms with Crippen LogP contribution in [-0.2, 0) is 6.42 Å². The smallest absolute Gasteiger partial charge is 0.132 e. The predicted molar refractivity (Wildman–Crippen MR) is 89.6 cm³/mol. The summed E-state index contributed by atoms with van der Waals surface area (Å²) in [6.07, 6.45) is 5.07. The lowest BCUT2D eigenvalue weighted by Gasteiger charge is -2.30. The van der Waals surface area contributed by atoms with Gasteiger partial charge in [-0.05, 0) is 68.0 Å². The molecule has 23 heavy (non-hydrogen) atoms. The average Bonchev–Trinajstić information content (AvgIpc) is 3.09. The maximum Gasteiger partial charge on any atom is 0.132 e. The lowest BCUT2D eigenvalue weighted by molar-refractivity contribution is 0.126. The van der Waals surface area contributed by atoms with Crippen molar-refractivity contribution < 1.29 is 14.3 Å². The zero-order valence-electron chi connectivity index (χ0n) is 13.8. The second kappa shape index (κ2) is 7.20. The summed E-state index contributed by atoms with van der Waals surface area (Å²) < 4.78 is 10.6. The van der Waals surface area contributed by atoms with E-state index in [0.717, 1.165) is 18.6 Å². The number of methoxy groups -OCH3 is 1. The van der Waals surface area contributed by atoms with E-state index in [0.29, 0.717) is 18.2 Å². The first kappa shape index (κ1) is 16.1. The molecule has 0 radical (unpaired) electrons. The van der Waals surface area contributed by atoms with Gasteiger partial charge in [0.15, 0.2) is 0 Å². The van der Waals surface area contributed by atoms with E-state index in [1.807, 2.05) is 12.1 Å². The number of aliphatic hydroxyl groups excluding tert-OH is 1. The van der Waals surface area contributed by atoms with Crippen LogP contribution in [0.3, 0.4) is 0 Å². The van der Waals surface area contributed by atoms with E-state index in [1.54, 1.807) is 19.4 Å². The number of hydrogen-bond donors (Lipinski definition) is 2. The summed E-state index contributed by atoms with van der Waals surface area (Å²) in [5.74, 6) is 1.55. The van der Waals surface area contributed by atoms with Gasteiger partial charge in [0.2, 0.25) is 0 Å². The van der Waals surface area contributed by atoms with Gasteiger partial charge in [0.05, 0.1) is 13.4 Å². The van der Waals surface area contributed by atoms with E-state index in [-0.39, 0.29) is 6.04 Å². The molecule has 1 aliphatic carbocycles. The average molecular weight is 315 g/mol. The fourth-order valence-corrected chi connectivity index (χ4v) is 3.43. The molecule has 4 nitrogen and oxygen atoms in total. The van der Waals surface area contributed by atoms with Crippen LogP contribution in [0, 0.1) is 0 Å². The molecule has 1 aliphatic rings. The van der Waals surface area contributed by atoms with Gasteiger partial charge >= 0.3 is 0 Å². The van der Waals surface area contributed by atoms with Crippen molar-refractivity contribution in [2.45, 2.75) is 50.8 Å². The molecule has 0 spiro atoms. The number of rotatable bonds is 6. The highest BCUT2D eigenvalue weighted by molar-refractivity contribution is 5.39. The number of aliphatic hydroxyl groups is 1. The molecule has 1 heterocycles. The second-order valence-corrected chi connectivity index (χ2v) is 6.34. The molecule has 2 N–H and O–H groups in total. The monoisotopic (exact) mass is 315 g/mol. The molecule has 1 aromatic heterocycles. The molecule has 4 heteroatoms. The van der Waals surface area contributed by atoms with Crippen LogP contribution in [0.4, 0.5) is 0 Å². The van der Waals surface area contributed by atoms with E-state index < -0.39 is 6.10 Å². The molecule has 2 aromatic rings. The van der Waals surface area contributed by atoms with Crippen LogP contribution >= 0.6 is 0 Å². The highest BCUT2D eigenvalue weighted by Gasteiger charge is 2.23. The van der Waals surface area contributed by atoms with E-state index in [9.17, 15) is 5.11 Å². The molecule has 0 saturated carbocycles. The highest BCUT2D eigenvalue weighted by Crippen LogP contribution is 2.33. The number of benzene rings is 1. The number of nitrogens with one attached hydrogen (secondary N) is 1. The number of furan rings is 1. The molecule has 0 amide bonds. The van der Waals surface area contributed by atoms with Gasteiger partial charge in [0.25, 0.3) is 0 Å². The van der Waals surface area contributed by atoms with Crippen LogP contribution in [0.25, 0.3) is 0 Å². The topological polar surface area (TPSA) is 54.6 Å². The van der Waals surface area contributed by atoms with Gasteiger partial charge in [-0.1, -0.05) is 6.07 Å². The minimum atomic E-state index is -0.563. The Labute approximate surface area is 137 Å². The molecule has 3 rings (SSSR count). The fraction of sp³-hybridized carbons (Fsp3) is 0.474. The van der Waals surface area contributed by atoms with Crippen LogP contribution in [0.15, 0.2) is 41.0 Å². The predicted octanol–water partition coefficient (Wildman–Crippen LogP) is 3.77. The maximum absolute atomic E-state index is 10.2. The number of fused-ring (bicyclic) bond motifs is 1. The van der Waals surface area contributed by atoms with E-state index in [2.05, 4.69) is 24.4 Å². The zero-order valence-corrected chi connectivity index (χ0v) is 13.8. The van der Waals surface area contributed by atoms with Gasteiger partial charge in [-0.15, -0.1) is 0 Å². The fourth-order valence-electron chi connectivity index (χ4n) is 3.43. The number of ether oxygens (including phenoxy) is 1. The third-order valence-corrected chi connectivity index (χ3v) is 4.60. The van der Waals surface area contributed by atoms with Gasteiger partial charge < -0.3 is 19.6 Å². The lowest BCUT2D eigenvalue weighted by Crippen LogP contribution is -2.33. The summed E-state index contributed by atoms with van der Waals surface area (Å²) in [7, 11) is 1.71. The Morgan fingerprint density at radius 2 is 2.26 bits per heavy atom. The Kier molecular flexibility index (Phi) is 5.03. The molecule has 0 saturated heterocycles. The van der Waals surface area contributed by atoms with Crippen molar-refractivity contribution in [3.05, 3.63) is 53.5 Å². The lowest BCUT2D eigenvalue weighted by atomic mass is 9.87. The van der Waals surface area contributed by atoms with Crippen LogP contribution in [-0.4, -0.2) is 18.3 Å². The van der Waals surface area contributed by atoms with Gasteiger partial charge in [-0.2, -0.15) is 0 Å². The van der Waals surface area contributed by atoms with Crippen LogP contribution in [0.1, 0.15) is 55.2 Å². The molecular formula is C19H25NO3. The summed E-state index contributed by atoms with van der Waals surface area (Å²) in [5.41, 5.74) is 2.73. The first-order chi connectivity index (χ1) is 11.2.